The highest BCUT2D eigenvalue weighted by molar-refractivity contribution is 6.31. The first-order valence-electron chi connectivity index (χ1n) is 9.77. The average Bonchev–Trinajstić information content (AvgIpc) is 3.24. The molecule has 0 bridgehead atoms. The molecule has 2 atom stereocenters. The van der Waals surface area contributed by atoms with E-state index in [1.165, 1.54) is 0 Å². The first kappa shape index (κ1) is 18.8. The minimum absolute atomic E-state index is 0.0600. The van der Waals surface area contributed by atoms with E-state index in [9.17, 15) is 0 Å². The van der Waals surface area contributed by atoms with Gasteiger partial charge in [-0.3, -0.25) is 0 Å². The predicted molar refractivity (Wildman–Crippen MR) is 117 cm³/mol. The molecule has 0 unspecified atom stereocenters. The van der Waals surface area contributed by atoms with Crippen LogP contribution in [0.4, 0.5) is 0 Å². The van der Waals surface area contributed by atoms with E-state index < -0.39 is 6.23 Å². The molecule has 0 spiro atoms. The minimum atomic E-state index is -0.438. The number of hydrogen-bond donors (Lipinski definition) is 0. The molecule has 0 aliphatic carbocycles. The molecule has 5 nitrogen and oxygen atoms in total. The van der Waals surface area contributed by atoms with Crippen LogP contribution in [-0.4, -0.2) is 24.9 Å². The maximum absolute atomic E-state index is 6.44. The van der Waals surface area contributed by atoms with Crippen LogP contribution in [0.25, 0.3) is 0 Å². The highest BCUT2D eigenvalue weighted by Gasteiger charge is 2.42. The Hall–Kier alpha value is -3.18. The minimum Gasteiger partial charge on any atom is -0.497 e. The lowest BCUT2D eigenvalue weighted by Gasteiger charge is -2.38. The molecule has 0 N–H and O–H groups in total. The van der Waals surface area contributed by atoms with Crippen molar-refractivity contribution >= 4 is 17.3 Å². The SMILES string of the molecule is COc1ccc(OC)c([C@@H]2Oc3ccccc3[C@H]3CC(c4cccc(Cl)c4)=NN32)c1. The van der Waals surface area contributed by atoms with Crippen LogP contribution in [0, 0.1) is 0 Å². The van der Waals surface area contributed by atoms with E-state index in [1.54, 1.807) is 14.2 Å². The highest BCUT2D eigenvalue weighted by Crippen LogP contribution is 2.49. The number of rotatable bonds is 4. The smallest absolute Gasteiger partial charge is 0.217 e. The highest BCUT2D eigenvalue weighted by atomic mass is 35.5. The summed E-state index contributed by atoms with van der Waals surface area (Å²) in [7, 11) is 3.31. The molecule has 0 amide bonds. The topological polar surface area (TPSA) is 43.3 Å². The van der Waals surface area contributed by atoms with Gasteiger partial charge in [0.25, 0.3) is 0 Å². The summed E-state index contributed by atoms with van der Waals surface area (Å²) in [4.78, 5) is 0. The first-order chi connectivity index (χ1) is 14.7. The maximum Gasteiger partial charge on any atom is 0.217 e. The van der Waals surface area contributed by atoms with Crippen LogP contribution in [-0.2, 0) is 0 Å². The Labute approximate surface area is 180 Å². The van der Waals surface area contributed by atoms with Crippen molar-refractivity contribution in [3.63, 3.8) is 0 Å². The van der Waals surface area contributed by atoms with Crippen molar-refractivity contribution in [1.29, 1.82) is 0 Å². The zero-order valence-electron chi connectivity index (χ0n) is 16.7. The normalized spacial score (nSPS) is 19.4. The van der Waals surface area contributed by atoms with Gasteiger partial charge in [0.1, 0.15) is 17.2 Å². The van der Waals surface area contributed by atoms with Crippen LogP contribution in [0.2, 0.25) is 5.02 Å². The molecular formula is C24H21ClN2O3. The molecule has 152 valence electrons. The van der Waals surface area contributed by atoms with Crippen molar-refractivity contribution < 1.29 is 14.2 Å². The fourth-order valence-electron chi connectivity index (χ4n) is 4.11. The van der Waals surface area contributed by atoms with Gasteiger partial charge in [0.15, 0.2) is 0 Å². The summed E-state index contributed by atoms with van der Waals surface area (Å²) in [5, 5.41) is 7.70. The molecule has 2 aliphatic rings. The molecule has 0 aromatic heterocycles. The third-order valence-electron chi connectivity index (χ3n) is 5.56. The first-order valence-corrected chi connectivity index (χ1v) is 10.1. The third-order valence-corrected chi connectivity index (χ3v) is 5.79. The van der Waals surface area contributed by atoms with Crippen molar-refractivity contribution in [2.45, 2.75) is 18.7 Å². The quantitative estimate of drug-likeness (QED) is 0.551. The van der Waals surface area contributed by atoms with Crippen LogP contribution in [0.1, 0.15) is 35.4 Å². The summed E-state index contributed by atoms with van der Waals surface area (Å²) < 4.78 is 17.5. The number of methoxy groups -OCH3 is 2. The molecule has 5 rings (SSSR count). The van der Waals surface area contributed by atoms with Crippen LogP contribution < -0.4 is 14.2 Å². The van der Waals surface area contributed by atoms with Crippen molar-refractivity contribution in [3.8, 4) is 17.2 Å². The van der Waals surface area contributed by atoms with Crippen molar-refractivity contribution in [1.82, 2.24) is 5.01 Å². The van der Waals surface area contributed by atoms with E-state index in [0.29, 0.717) is 5.02 Å². The van der Waals surface area contributed by atoms with Crippen LogP contribution in [0.15, 0.2) is 71.8 Å². The molecule has 2 heterocycles. The lowest BCUT2D eigenvalue weighted by Crippen LogP contribution is -2.33. The molecule has 0 saturated carbocycles. The second-order valence-corrected chi connectivity index (χ2v) is 7.71. The average molecular weight is 421 g/mol. The second kappa shape index (κ2) is 7.58. The zero-order valence-corrected chi connectivity index (χ0v) is 17.5. The lowest BCUT2D eigenvalue weighted by molar-refractivity contribution is -0.0204. The van der Waals surface area contributed by atoms with E-state index in [1.807, 2.05) is 65.7 Å². The van der Waals surface area contributed by atoms with Gasteiger partial charge in [0.2, 0.25) is 6.23 Å². The van der Waals surface area contributed by atoms with Crippen LogP contribution >= 0.6 is 11.6 Å². The predicted octanol–water partition coefficient (Wildman–Crippen LogP) is 5.60. The molecule has 0 saturated heterocycles. The van der Waals surface area contributed by atoms with Gasteiger partial charge in [-0.1, -0.05) is 41.9 Å². The molecule has 0 fully saturated rings. The van der Waals surface area contributed by atoms with Crippen molar-refractivity contribution in [2.75, 3.05) is 14.2 Å². The molecule has 30 heavy (non-hydrogen) atoms. The number of hydrazone groups is 1. The van der Waals surface area contributed by atoms with E-state index in [4.69, 9.17) is 30.9 Å². The fraction of sp³-hybridized carbons (Fsp3) is 0.208. The van der Waals surface area contributed by atoms with Crippen molar-refractivity contribution in [3.05, 3.63) is 88.4 Å². The Balaban J connectivity index is 1.63. The molecule has 6 heteroatoms. The van der Waals surface area contributed by atoms with Crippen LogP contribution in [0.3, 0.4) is 0 Å². The summed E-state index contributed by atoms with van der Waals surface area (Å²) in [6.07, 6.45) is 0.329. The Kier molecular flexibility index (Phi) is 4.75. The van der Waals surface area contributed by atoms with E-state index in [-0.39, 0.29) is 6.04 Å². The van der Waals surface area contributed by atoms with Gasteiger partial charge in [-0.25, -0.2) is 5.01 Å². The number of nitrogens with zero attached hydrogens (tertiary/aromatic N) is 2. The number of hydrogen-bond acceptors (Lipinski definition) is 5. The fourth-order valence-corrected chi connectivity index (χ4v) is 4.30. The lowest BCUT2D eigenvalue weighted by atomic mass is 9.96. The summed E-state index contributed by atoms with van der Waals surface area (Å²) in [6, 6.07) is 21.7. The Bertz CT molecular complexity index is 1130. The zero-order chi connectivity index (χ0) is 20.7. The summed E-state index contributed by atoms with van der Waals surface area (Å²) in [5.41, 5.74) is 3.99. The number of para-hydroxylation sites is 1. The standard InChI is InChI=1S/C24H21ClN2O3/c1-28-17-10-11-22(29-2)19(13-17)24-27-21(18-8-3-4-9-23(18)30-24)14-20(26-27)15-6-5-7-16(25)12-15/h3-13,21,24H,14H2,1-2H3/t21-,24+/m1/s1. The van der Waals surface area contributed by atoms with Gasteiger partial charge < -0.3 is 14.2 Å². The van der Waals surface area contributed by atoms with Gasteiger partial charge in [-0.15, -0.1) is 0 Å². The van der Waals surface area contributed by atoms with Crippen molar-refractivity contribution in [2.24, 2.45) is 5.10 Å². The van der Waals surface area contributed by atoms with Gasteiger partial charge >= 0.3 is 0 Å². The summed E-state index contributed by atoms with van der Waals surface area (Å²) in [5.74, 6) is 2.32. The Morgan fingerprint density at radius 1 is 0.967 bits per heavy atom. The van der Waals surface area contributed by atoms with Crippen LogP contribution in [0.5, 0.6) is 17.2 Å². The third kappa shape index (κ3) is 3.15. The Morgan fingerprint density at radius 3 is 2.63 bits per heavy atom. The summed E-state index contributed by atoms with van der Waals surface area (Å²) in [6.45, 7) is 0. The number of fused-ring (bicyclic) bond motifs is 3. The maximum atomic E-state index is 6.44. The largest absolute Gasteiger partial charge is 0.497 e. The van der Waals surface area contributed by atoms with E-state index in [2.05, 4.69) is 6.07 Å². The van der Waals surface area contributed by atoms with Gasteiger partial charge in [-0.05, 0) is 42.0 Å². The van der Waals surface area contributed by atoms with E-state index in [0.717, 1.165) is 46.1 Å². The Morgan fingerprint density at radius 2 is 1.83 bits per heavy atom. The number of ether oxygens (including phenoxy) is 3. The van der Waals surface area contributed by atoms with Gasteiger partial charge in [0, 0.05) is 17.0 Å². The van der Waals surface area contributed by atoms with Gasteiger partial charge in [-0.2, -0.15) is 5.10 Å². The van der Waals surface area contributed by atoms with Gasteiger partial charge in [0.05, 0.1) is 31.5 Å². The number of halogens is 1. The molecule has 3 aromatic rings. The van der Waals surface area contributed by atoms with E-state index >= 15 is 0 Å². The molecule has 0 radical (unpaired) electrons. The number of benzene rings is 3. The monoisotopic (exact) mass is 420 g/mol. The second-order valence-electron chi connectivity index (χ2n) is 7.27. The molecule has 3 aromatic carbocycles. The molecular weight excluding hydrogens is 400 g/mol. The summed E-state index contributed by atoms with van der Waals surface area (Å²) >= 11 is 6.23. The molecule has 2 aliphatic heterocycles.